The van der Waals surface area contributed by atoms with E-state index in [-0.39, 0.29) is 0 Å². The van der Waals surface area contributed by atoms with Crippen LogP contribution in [0.15, 0.2) is 30.5 Å². The second-order valence-corrected chi connectivity index (χ2v) is 4.46. The normalized spacial score (nSPS) is 12.3. The number of carbonyl (C=O) groups is 1. The highest BCUT2D eigenvalue weighted by Crippen LogP contribution is 2.19. The lowest BCUT2D eigenvalue weighted by molar-refractivity contribution is -0.141. The summed E-state index contributed by atoms with van der Waals surface area (Å²) in [4.78, 5) is 10.8. The number of para-hydroxylation sites is 1. The van der Waals surface area contributed by atoms with Crippen LogP contribution in [0.25, 0.3) is 5.69 Å². The van der Waals surface area contributed by atoms with Crippen LogP contribution in [0.4, 0.5) is 0 Å². The third kappa shape index (κ3) is 2.68. The smallest absolute Gasteiger partial charge is 0.306 e. The Bertz CT molecular complexity index is 568. The number of carboxylic acid groups (broad SMARTS) is 1. The minimum Gasteiger partial charge on any atom is -0.481 e. The molecule has 5 nitrogen and oxygen atoms in total. The molecule has 1 unspecified atom stereocenters. The van der Waals surface area contributed by atoms with Gasteiger partial charge in [0.15, 0.2) is 0 Å². The molecule has 6 heteroatoms. The minimum absolute atomic E-state index is 0.347. The Morgan fingerprint density at radius 1 is 1.50 bits per heavy atom. The molecule has 0 radical (unpaired) electrons. The third-order valence-corrected chi connectivity index (χ3v) is 2.90. The lowest BCUT2D eigenvalue weighted by Crippen LogP contribution is -2.12. The monoisotopic (exact) mass is 265 g/mol. The number of carboxylic acids is 1. The van der Waals surface area contributed by atoms with Gasteiger partial charge in [0.05, 0.1) is 28.5 Å². The van der Waals surface area contributed by atoms with Crippen molar-refractivity contribution in [1.29, 1.82) is 0 Å². The van der Waals surface area contributed by atoms with Crippen LogP contribution < -0.4 is 0 Å². The van der Waals surface area contributed by atoms with Crippen molar-refractivity contribution in [1.82, 2.24) is 15.0 Å². The summed E-state index contributed by atoms with van der Waals surface area (Å²) in [5.41, 5.74) is 1.35. The van der Waals surface area contributed by atoms with E-state index in [0.717, 1.165) is 5.69 Å². The zero-order valence-electron chi connectivity index (χ0n) is 9.75. The molecular weight excluding hydrogens is 254 g/mol. The fourth-order valence-electron chi connectivity index (χ4n) is 1.55. The van der Waals surface area contributed by atoms with Gasteiger partial charge in [0, 0.05) is 6.42 Å². The maximum Gasteiger partial charge on any atom is 0.306 e. The Hall–Kier alpha value is -1.88. The van der Waals surface area contributed by atoms with Crippen LogP contribution in [-0.2, 0) is 11.2 Å². The van der Waals surface area contributed by atoms with Gasteiger partial charge in [0.25, 0.3) is 0 Å². The number of aliphatic carboxylic acids is 1. The molecule has 0 amide bonds. The van der Waals surface area contributed by atoms with Crippen LogP contribution >= 0.6 is 11.6 Å². The van der Waals surface area contributed by atoms with E-state index in [0.29, 0.717) is 17.1 Å². The van der Waals surface area contributed by atoms with Gasteiger partial charge in [0.2, 0.25) is 0 Å². The summed E-state index contributed by atoms with van der Waals surface area (Å²) in [6, 6.07) is 7.26. The zero-order valence-corrected chi connectivity index (χ0v) is 10.5. The molecule has 1 atom stereocenters. The topological polar surface area (TPSA) is 68.0 Å². The molecule has 2 aromatic rings. The number of aromatic nitrogens is 3. The summed E-state index contributed by atoms with van der Waals surface area (Å²) >= 11 is 6.04. The van der Waals surface area contributed by atoms with Gasteiger partial charge in [0.1, 0.15) is 0 Å². The van der Waals surface area contributed by atoms with E-state index in [1.807, 2.05) is 18.2 Å². The molecule has 0 spiro atoms. The number of hydrogen-bond donors (Lipinski definition) is 1. The molecule has 1 N–H and O–H groups in total. The fourth-order valence-corrected chi connectivity index (χ4v) is 1.77. The van der Waals surface area contributed by atoms with Crippen molar-refractivity contribution in [3.8, 4) is 5.69 Å². The summed E-state index contributed by atoms with van der Waals surface area (Å²) in [6.45, 7) is 1.64. The summed E-state index contributed by atoms with van der Waals surface area (Å²) in [7, 11) is 0. The molecule has 0 aliphatic carbocycles. The first kappa shape index (κ1) is 12.6. The van der Waals surface area contributed by atoms with Gasteiger partial charge in [-0.2, -0.15) is 0 Å². The van der Waals surface area contributed by atoms with Crippen molar-refractivity contribution >= 4 is 17.6 Å². The Labute approximate surface area is 109 Å². The van der Waals surface area contributed by atoms with E-state index in [1.54, 1.807) is 23.9 Å². The second kappa shape index (κ2) is 5.18. The van der Waals surface area contributed by atoms with Crippen LogP contribution in [0, 0.1) is 5.92 Å². The lowest BCUT2D eigenvalue weighted by atomic mass is 10.1. The molecule has 1 heterocycles. The van der Waals surface area contributed by atoms with Crippen molar-refractivity contribution in [3.05, 3.63) is 41.2 Å². The molecule has 2 rings (SSSR count). The Kier molecular flexibility index (Phi) is 3.62. The standard InChI is InChI=1S/C12H12ClN3O2/c1-8(12(17)18)6-9-7-16(15-14-9)11-5-3-2-4-10(11)13/h2-5,7-8H,6H2,1H3,(H,17,18). The highest BCUT2D eigenvalue weighted by molar-refractivity contribution is 6.32. The van der Waals surface area contributed by atoms with Crippen LogP contribution in [0.2, 0.25) is 5.02 Å². The molecule has 1 aromatic heterocycles. The predicted octanol–water partition coefficient (Wildman–Crippen LogP) is 2.18. The van der Waals surface area contributed by atoms with E-state index in [9.17, 15) is 4.79 Å². The summed E-state index contributed by atoms with van der Waals surface area (Å²) in [6.07, 6.45) is 2.04. The molecule has 18 heavy (non-hydrogen) atoms. The third-order valence-electron chi connectivity index (χ3n) is 2.58. The summed E-state index contributed by atoms with van der Waals surface area (Å²) in [5, 5.41) is 17.3. The molecule has 0 aliphatic rings. The van der Waals surface area contributed by atoms with Gasteiger partial charge in [-0.3, -0.25) is 4.79 Å². The van der Waals surface area contributed by atoms with Crippen molar-refractivity contribution in [2.24, 2.45) is 5.92 Å². The highest BCUT2D eigenvalue weighted by Gasteiger charge is 2.14. The Morgan fingerprint density at radius 2 is 2.22 bits per heavy atom. The van der Waals surface area contributed by atoms with Crippen molar-refractivity contribution in [3.63, 3.8) is 0 Å². The van der Waals surface area contributed by atoms with E-state index in [4.69, 9.17) is 16.7 Å². The molecular formula is C12H12ClN3O2. The van der Waals surface area contributed by atoms with E-state index in [2.05, 4.69) is 10.3 Å². The van der Waals surface area contributed by atoms with Crippen LogP contribution in [0.1, 0.15) is 12.6 Å². The van der Waals surface area contributed by atoms with Gasteiger partial charge in [-0.25, -0.2) is 4.68 Å². The first-order valence-electron chi connectivity index (χ1n) is 5.47. The number of halogens is 1. The molecule has 1 aromatic carbocycles. The van der Waals surface area contributed by atoms with Crippen molar-refractivity contribution < 1.29 is 9.90 Å². The lowest BCUT2D eigenvalue weighted by Gasteiger charge is -2.02. The molecule has 94 valence electrons. The van der Waals surface area contributed by atoms with Crippen molar-refractivity contribution in [2.45, 2.75) is 13.3 Å². The maximum absolute atomic E-state index is 10.8. The molecule has 0 fully saturated rings. The van der Waals surface area contributed by atoms with Crippen LogP contribution in [0.3, 0.4) is 0 Å². The van der Waals surface area contributed by atoms with Gasteiger partial charge < -0.3 is 5.11 Å². The molecule has 0 aliphatic heterocycles. The second-order valence-electron chi connectivity index (χ2n) is 4.05. The molecule has 0 saturated carbocycles. The van der Waals surface area contributed by atoms with Gasteiger partial charge >= 0.3 is 5.97 Å². The number of nitrogens with zero attached hydrogens (tertiary/aromatic N) is 3. The van der Waals surface area contributed by atoms with E-state index in [1.165, 1.54) is 0 Å². The molecule has 0 bridgehead atoms. The number of hydrogen-bond acceptors (Lipinski definition) is 3. The number of rotatable bonds is 4. The van der Waals surface area contributed by atoms with Gasteiger partial charge in [-0.1, -0.05) is 35.9 Å². The summed E-state index contributed by atoms with van der Waals surface area (Å²) in [5.74, 6) is -1.33. The largest absolute Gasteiger partial charge is 0.481 e. The van der Waals surface area contributed by atoms with Crippen molar-refractivity contribution in [2.75, 3.05) is 0 Å². The van der Waals surface area contributed by atoms with Gasteiger partial charge in [-0.15, -0.1) is 5.10 Å². The highest BCUT2D eigenvalue weighted by atomic mass is 35.5. The first-order valence-corrected chi connectivity index (χ1v) is 5.84. The number of benzene rings is 1. The Balaban J connectivity index is 2.21. The Morgan fingerprint density at radius 3 is 2.89 bits per heavy atom. The van der Waals surface area contributed by atoms with Crippen LogP contribution in [0.5, 0.6) is 0 Å². The average Bonchev–Trinajstić information content (AvgIpc) is 2.77. The quantitative estimate of drug-likeness (QED) is 0.920. The SMILES string of the molecule is CC(Cc1cn(-c2ccccc2Cl)nn1)C(=O)O. The van der Waals surface area contributed by atoms with Crippen LogP contribution in [-0.4, -0.2) is 26.1 Å². The average molecular weight is 266 g/mol. The molecule has 0 saturated heterocycles. The summed E-state index contributed by atoms with van der Waals surface area (Å²) < 4.78 is 1.55. The zero-order chi connectivity index (χ0) is 13.1. The van der Waals surface area contributed by atoms with E-state index >= 15 is 0 Å². The first-order chi connectivity index (χ1) is 8.58. The van der Waals surface area contributed by atoms with E-state index < -0.39 is 11.9 Å². The predicted molar refractivity (Wildman–Crippen MR) is 66.9 cm³/mol. The van der Waals surface area contributed by atoms with Gasteiger partial charge in [-0.05, 0) is 12.1 Å². The fraction of sp³-hybridized carbons (Fsp3) is 0.250. The minimum atomic E-state index is -0.845. The maximum atomic E-state index is 10.8.